The second-order valence-electron chi connectivity index (χ2n) is 6.75. The highest BCUT2D eigenvalue weighted by Crippen LogP contribution is 2.29. The fraction of sp³-hybridized carbons (Fsp3) is 1.00. The molecule has 4 nitrogen and oxygen atoms in total. The molecule has 0 saturated carbocycles. The zero-order valence-electron chi connectivity index (χ0n) is 13.0. The minimum absolute atomic E-state index is 0.807. The third kappa shape index (κ3) is 3.73. The maximum Gasteiger partial charge on any atom is 0.0594 e. The summed E-state index contributed by atoms with van der Waals surface area (Å²) < 4.78 is 5.44. The summed E-state index contributed by atoms with van der Waals surface area (Å²) in [5.41, 5.74) is 0. The van der Waals surface area contributed by atoms with Crippen molar-refractivity contribution in [2.45, 2.75) is 57.2 Å². The van der Waals surface area contributed by atoms with E-state index in [0.29, 0.717) is 0 Å². The van der Waals surface area contributed by atoms with Gasteiger partial charge in [0.25, 0.3) is 0 Å². The lowest BCUT2D eigenvalue weighted by Crippen LogP contribution is -2.50. The van der Waals surface area contributed by atoms with Crippen molar-refractivity contribution >= 4 is 0 Å². The first-order valence-electron chi connectivity index (χ1n) is 8.65. The minimum Gasteiger partial charge on any atom is -0.379 e. The standard InChI is InChI=1S/C16H31N3O/c1-2-5-19(7-6-18-8-10-20-11-9-18)16-12-14-3-4-15(13-16)17-14/h14-17H,2-13H2,1H3. The van der Waals surface area contributed by atoms with E-state index in [1.807, 2.05) is 0 Å². The molecule has 2 atom stereocenters. The molecule has 3 fully saturated rings. The summed E-state index contributed by atoms with van der Waals surface area (Å²) in [5.74, 6) is 0. The Morgan fingerprint density at radius 3 is 2.45 bits per heavy atom. The van der Waals surface area contributed by atoms with Crippen molar-refractivity contribution in [3.05, 3.63) is 0 Å². The molecule has 116 valence electrons. The molecule has 0 aromatic rings. The zero-order chi connectivity index (χ0) is 13.8. The van der Waals surface area contributed by atoms with E-state index < -0.39 is 0 Å². The zero-order valence-corrected chi connectivity index (χ0v) is 13.0. The van der Waals surface area contributed by atoms with Crippen molar-refractivity contribution in [3.63, 3.8) is 0 Å². The number of piperidine rings is 1. The number of hydrogen-bond donors (Lipinski definition) is 1. The molecule has 2 unspecified atom stereocenters. The van der Waals surface area contributed by atoms with Gasteiger partial charge in [-0.05, 0) is 38.6 Å². The smallest absolute Gasteiger partial charge is 0.0594 e. The molecule has 3 saturated heterocycles. The Morgan fingerprint density at radius 1 is 1.10 bits per heavy atom. The Kier molecular flexibility index (Phi) is 5.32. The first-order chi connectivity index (χ1) is 9.85. The molecule has 0 amide bonds. The van der Waals surface area contributed by atoms with Crippen molar-refractivity contribution in [1.29, 1.82) is 0 Å². The fourth-order valence-electron chi connectivity index (χ4n) is 4.18. The molecule has 1 N–H and O–H groups in total. The maximum atomic E-state index is 5.44. The van der Waals surface area contributed by atoms with Gasteiger partial charge in [-0.1, -0.05) is 6.92 Å². The van der Waals surface area contributed by atoms with Crippen LogP contribution in [-0.4, -0.2) is 73.9 Å². The second kappa shape index (κ2) is 7.21. The van der Waals surface area contributed by atoms with Crippen LogP contribution in [0.2, 0.25) is 0 Å². The molecule has 20 heavy (non-hydrogen) atoms. The van der Waals surface area contributed by atoms with E-state index in [9.17, 15) is 0 Å². The van der Waals surface area contributed by atoms with Crippen LogP contribution < -0.4 is 5.32 Å². The summed E-state index contributed by atoms with van der Waals surface area (Å²) in [6.45, 7) is 10.2. The van der Waals surface area contributed by atoms with Crippen LogP contribution in [0.3, 0.4) is 0 Å². The summed E-state index contributed by atoms with van der Waals surface area (Å²) in [7, 11) is 0. The minimum atomic E-state index is 0.807. The van der Waals surface area contributed by atoms with E-state index in [2.05, 4.69) is 22.0 Å². The average molecular weight is 281 g/mol. The molecule has 0 aromatic heterocycles. The van der Waals surface area contributed by atoms with Crippen molar-refractivity contribution in [1.82, 2.24) is 15.1 Å². The Balaban J connectivity index is 1.49. The van der Waals surface area contributed by atoms with Gasteiger partial charge in [0.15, 0.2) is 0 Å². The van der Waals surface area contributed by atoms with E-state index in [4.69, 9.17) is 4.74 Å². The highest BCUT2D eigenvalue weighted by molar-refractivity contribution is 4.95. The Labute approximate surface area is 123 Å². The van der Waals surface area contributed by atoms with E-state index in [-0.39, 0.29) is 0 Å². The van der Waals surface area contributed by atoms with E-state index in [1.54, 1.807) is 0 Å². The second-order valence-corrected chi connectivity index (χ2v) is 6.75. The van der Waals surface area contributed by atoms with Gasteiger partial charge in [0.1, 0.15) is 0 Å². The Bertz CT molecular complexity index is 281. The number of ether oxygens (including phenoxy) is 1. The third-order valence-electron chi connectivity index (χ3n) is 5.28. The highest BCUT2D eigenvalue weighted by atomic mass is 16.5. The lowest BCUT2D eigenvalue weighted by molar-refractivity contribution is 0.0286. The van der Waals surface area contributed by atoms with E-state index >= 15 is 0 Å². The van der Waals surface area contributed by atoms with Gasteiger partial charge in [0.05, 0.1) is 13.2 Å². The van der Waals surface area contributed by atoms with Crippen LogP contribution in [0.1, 0.15) is 39.0 Å². The topological polar surface area (TPSA) is 27.7 Å². The number of rotatable bonds is 6. The molecular weight excluding hydrogens is 250 g/mol. The number of nitrogens with one attached hydrogen (secondary N) is 1. The van der Waals surface area contributed by atoms with Crippen LogP contribution in [-0.2, 0) is 4.74 Å². The number of nitrogens with zero attached hydrogens (tertiary/aromatic N) is 2. The summed E-state index contributed by atoms with van der Waals surface area (Å²) in [4.78, 5) is 5.35. The number of hydrogen-bond acceptors (Lipinski definition) is 4. The van der Waals surface area contributed by atoms with Crippen LogP contribution in [0.15, 0.2) is 0 Å². The van der Waals surface area contributed by atoms with Crippen LogP contribution >= 0.6 is 0 Å². The van der Waals surface area contributed by atoms with E-state index in [0.717, 1.165) is 44.4 Å². The van der Waals surface area contributed by atoms with Crippen molar-refractivity contribution in [2.75, 3.05) is 45.9 Å². The molecule has 0 spiro atoms. The number of morpholine rings is 1. The normalized spacial score (nSPS) is 34.8. The van der Waals surface area contributed by atoms with Crippen molar-refractivity contribution in [2.24, 2.45) is 0 Å². The SMILES string of the molecule is CCCN(CCN1CCOCC1)C1CC2CCC(C1)N2. The molecule has 0 radical (unpaired) electrons. The average Bonchev–Trinajstić information content (AvgIpc) is 2.83. The molecule has 3 aliphatic rings. The summed E-state index contributed by atoms with van der Waals surface area (Å²) in [6.07, 6.45) is 6.84. The molecule has 3 heterocycles. The Morgan fingerprint density at radius 2 is 1.80 bits per heavy atom. The fourth-order valence-corrected chi connectivity index (χ4v) is 4.18. The van der Waals surface area contributed by atoms with Crippen LogP contribution in [0.5, 0.6) is 0 Å². The molecule has 0 aliphatic carbocycles. The van der Waals surface area contributed by atoms with Gasteiger partial charge >= 0.3 is 0 Å². The first-order valence-corrected chi connectivity index (χ1v) is 8.65. The lowest BCUT2D eigenvalue weighted by Gasteiger charge is -2.39. The molecule has 2 bridgehead atoms. The van der Waals surface area contributed by atoms with Gasteiger partial charge in [0, 0.05) is 44.3 Å². The van der Waals surface area contributed by atoms with Crippen LogP contribution in [0, 0.1) is 0 Å². The van der Waals surface area contributed by atoms with E-state index in [1.165, 1.54) is 51.7 Å². The summed E-state index contributed by atoms with van der Waals surface area (Å²) in [5, 5.41) is 3.77. The lowest BCUT2D eigenvalue weighted by atomic mass is 9.98. The first kappa shape index (κ1) is 14.8. The van der Waals surface area contributed by atoms with Gasteiger partial charge in [-0.3, -0.25) is 9.80 Å². The number of fused-ring (bicyclic) bond motifs is 2. The van der Waals surface area contributed by atoms with Gasteiger partial charge in [-0.2, -0.15) is 0 Å². The maximum absolute atomic E-state index is 5.44. The highest BCUT2D eigenvalue weighted by Gasteiger charge is 2.35. The molecule has 3 rings (SSSR count). The predicted octanol–water partition coefficient (Wildman–Crippen LogP) is 1.31. The van der Waals surface area contributed by atoms with Crippen LogP contribution in [0.4, 0.5) is 0 Å². The monoisotopic (exact) mass is 281 g/mol. The van der Waals surface area contributed by atoms with Crippen LogP contribution in [0.25, 0.3) is 0 Å². The molecular formula is C16H31N3O. The molecule has 3 aliphatic heterocycles. The van der Waals surface area contributed by atoms with Crippen molar-refractivity contribution in [3.8, 4) is 0 Å². The Hall–Kier alpha value is -0.160. The van der Waals surface area contributed by atoms with Gasteiger partial charge < -0.3 is 10.1 Å². The van der Waals surface area contributed by atoms with Gasteiger partial charge in [-0.15, -0.1) is 0 Å². The summed E-state index contributed by atoms with van der Waals surface area (Å²) in [6, 6.07) is 2.44. The quantitative estimate of drug-likeness (QED) is 0.794. The van der Waals surface area contributed by atoms with Gasteiger partial charge in [-0.25, -0.2) is 0 Å². The third-order valence-corrected chi connectivity index (χ3v) is 5.28. The largest absolute Gasteiger partial charge is 0.379 e. The van der Waals surface area contributed by atoms with Gasteiger partial charge in [0.2, 0.25) is 0 Å². The molecule has 4 heteroatoms. The summed E-state index contributed by atoms with van der Waals surface area (Å²) >= 11 is 0. The molecule has 0 aromatic carbocycles. The predicted molar refractivity (Wildman–Crippen MR) is 82.1 cm³/mol. The van der Waals surface area contributed by atoms with Crippen molar-refractivity contribution < 1.29 is 4.74 Å².